The van der Waals surface area contributed by atoms with E-state index in [1.807, 2.05) is 0 Å². The average Bonchev–Trinajstić information content (AvgIpc) is 3.18. The van der Waals surface area contributed by atoms with Crippen LogP contribution < -0.4 is 10.1 Å². The highest BCUT2D eigenvalue weighted by molar-refractivity contribution is 7.91. The van der Waals surface area contributed by atoms with E-state index in [1.54, 1.807) is 43.3 Å². The summed E-state index contributed by atoms with van der Waals surface area (Å²) in [6.45, 7) is 1.12. The Hall–Kier alpha value is -2.82. The van der Waals surface area contributed by atoms with Crippen LogP contribution >= 0.6 is 23.2 Å². The number of nitrogens with zero attached hydrogens (tertiary/aromatic N) is 1. The first-order valence-electron chi connectivity index (χ1n) is 11.2. The molecule has 0 aliphatic carbocycles. The summed E-state index contributed by atoms with van der Waals surface area (Å²) in [6, 6.07) is 10.9. The highest BCUT2D eigenvalue weighted by Crippen LogP contribution is 2.25. The van der Waals surface area contributed by atoms with Gasteiger partial charge in [-0.1, -0.05) is 41.4 Å². The topological polar surface area (TPSA) is 119 Å². The summed E-state index contributed by atoms with van der Waals surface area (Å²) in [4.78, 5) is 38.7. The molecule has 2 aromatic rings. The Morgan fingerprint density at radius 2 is 1.89 bits per heavy atom. The highest BCUT2D eigenvalue weighted by atomic mass is 35.5. The number of nitrogens with one attached hydrogen (secondary N) is 1. The van der Waals surface area contributed by atoms with Crippen molar-refractivity contribution in [2.45, 2.75) is 26.0 Å². The fourth-order valence-electron chi connectivity index (χ4n) is 3.58. The van der Waals surface area contributed by atoms with Gasteiger partial charge in [0.15, 0.2) is 16.4 Å². The largest absolute Gasteiger partial charge is 0.488 e. The molecule has 12 heteroatoms. The molecule has 1 saturated heterocycles. The molecule has 2 aromatic carbocycles. The Kier molecular flexibility index (Phi) is 9.58. The number of rotatable bonds is 10. The molecular weight excluding hydrogens is 531 g/mol. The first kappa shape index (κ1) is 27.8. The molecule has 1 aliphatic rings. The molecule has 2 amide bonds. The third-order valence-electron chi connectivity index (χ3n) is 5.50. The predicted molar refractivity (Wildman–Crippen MR) is 135 cm³/mol. The van der Waals surface area contributed by atoms with Crippen LogP contribution in [0, 0.1) is 0 Å². The number of ether oxygens (including phenoxy) is 2. The van der Waals surface area contributed by atoms with E-state index in [1.165, 1.54) is 11.0 Å². The average molecular weight is 557 g/mol. The lowest BCUT2D eigenvalue weighted by atomic mass is 10.2. The zero-order valence-electron chi connectivity index (χ0n) is 19.5. The maximum Gasteiger partial charge on any atom is 0.342 e. The summed E-state index contributed by atoms with van der Waals surface area (Å²) in [7, 11) is -3.14. The first-order valence-corrected chi connectivity index (χ1v) is 13.8. The summed E-state index contributed by atoms with van der Waals surface area (Å²) >= 11 is 12.1. The number of likely N-dealkylation sites (N-methyl/N-ethyl adjacent to an activating group) is 1. The van der Waals surface area contributed by atoms with Crippen LogP contribution in [0.3, 0.4) is 0 Å². The second-order valence-corrected chi connectivity index (χ2v) is 11.2. The molecule has 0 saturated carbocycles. The van der Waals surface area contributed by atoms with E-state index >= 15 is 0 Å². The van der Waals surface area contributed by atoms with Gasteiger partial charge in [0, 0.05) is 28.2 Å². The van der Waals surface area contributed by atoms with Crippen LogP contribution in [0.2, 0.25) is 10.0 Å². The molecule has 9 nitrogen and oxygen atoms in total. The Morgan fingerprint density at radius 3 is 2.56 bits per heavy atom. The van der Waals surface area contributed by atoms with Crippen molar-refractivity contribution in [3.8, 4) is 5.75 Å². The van der Waals surface area contributed by atoms with Crippen LogP contribution in [-0.4, -0.2) is 68.3 Å². The van der Waals surface area contributed by atoms with Crippen LogP contribution in [0.4, 0.5) is 0 Å². The molecule has 0 aromatic heterocycles. The van der Waals surface area contributed by atoms with Gasteiger partial charge >= 0.3 is 5.97 Å². The molecule has 194 valence electrons. The van der Waals surface area contributed by atoms with Crippen molar-refractivity contribution in [3.05, 3.63) is 63.6 Å². The number of amides is 2. The van der Waals surface area contributed by atoms with Crippen LogP contribution in [0.5, 0.6) is 5.75 Å². The Bertz CT molecular complexity index is 1240. The summed E-state index contributed by atoms with van der Waals surface area (Å²) in [5, 5.41) is 3.54. The molecule has 1 N–H and O–H groups in total. The summed E-state index contributed by atoms with van der Waals surface area (Å²) in [6.07, 6.45) is 0.345. The molecule has 1 fully saturated rings. The molecule has 0 radical (unpaired) electrons. The van der Waals surface area contributed by atoms with Crippen molar-refractivity contribution >= 4 is 50.8 Å². The lowest BCUT2D eigenvalue weighted by Gasteiger charge is -2.21. The van der Waals surface area contributed by atoms with Crippen LogP contribution in [0.15, 0.2) is 42.5 Å². The molecule has 0 bridgehead atoms. The van der Waals surface area contributed by atoms with Gasteiger partial charge in [-0.25, -0.2) is 13.2 Å². The Labute approximate surface area is 219 Å². The summed E-state index contributed by atoms with van der Waals surface area (Å²) in [5.41, 5.74) is 0.796. The Morgan fingerprint density at radius 1 is 1.14 bits per heavy atom. The maximum atomic E-state index is 12.7. The van der Waals surface area contributed by atoms with E-state index in [0.29, 0.717) is 22.0 Å². The third kappa shape index (κ3) is 7.84. The number of carbonyl (C=O) groups excluding carboxylic acids is 3. The number of sulfone groups is 1. The summed E-state index contributed by atoms with van der Waals surface area (Å²) in [5.74, 6) is -1.63. The van der Waals surface area contributed by atoms with Crippen molar-refractivity contribution in [2.75, 3.05) is 31.2 Å². The fourth-order valence-corrected chi connectivity index (χ4v) is 5.72. The minimum atomic E-state index is -3.14. The highest BCUT2D eigenvalue weighted by Gasteiger charge is 2.29. The quantitative estimate of drug-likeness (QED) is 0.447. The fraction of sp³-hybridized carbons (Fsp3) is 0.375. The van der Waals surface area contributed by atoms with E-state index in [0.717, 1.165) is 0 Å². The van der Waals surface area contributed by atoms with Gasteiger partial charge in [0.25, 0.3) is 5.91 Å². The summed E-state index contributed by atoms with van der Waals surface area (Å²) < 4.78 is 34.0. The lowest BCUT2D eigenvalue weighted by molar-refractivity contribution is -0.138. The molecule has 1 heterocycles. The zero-order valence-corrected chi connectivity index (χ0v) is 21.9. The van der Waals surface area contributed by atoms with Crippen LogP contribution in [0.1, 0.15) is 29.3 Å². The minimum absolute atomic E-state index is 0.0300. The predicted octanol–water partition coefficient (Wildman–Crippen LogP) is 2.88. The van der Waals surface area contributed by atoms with Crippen molar-refractivity contribution in [3.63, 3.8) is 0 Å². The van der Waals surface area contributed by atoms with Gasteiger partial charge in [-0.2, -0.15) is 0 Å². The van der Waals surface area contributed by atoms with E-state index in [2.05, 4.69) is 5.32 Å². The number of esters is 1. The minimum Gasteiger partial charge on any atom is -0.488 e. The van der Waals surface area contributed by atoms with Gasteiger partial charge in [-0.3, -0.25) is 9.59 Å². The number of hydrogen-bond donors (Lipinski definition) is 1. The van der Waals surface area contributed by atoms with Gasteiger partial charge in [0.05, 0.1) is 18.1 Å². The van der Waals surface area contributed by atoms with Crippen molar-refractivity contribution in [1.82, 2.24) is 10.2 Å². The molecular formula is C24H26Cl2N2O7S. The second kappa shape index (κ2) is 12.4. The van der Waals surface area contributed by atoms with Crippen molar-refractivity contribution < 1.29 is 32.3 Å². The number of benzene rings is 2. The molecule has 1 atom stereocenters. The number of hydrogen-bond acceptors (Lipinski definition) is 7. The van der Waals surface area contributed by atoms with Crippen LogP contribution in [-0.2, 0) is 30.8 Å². The molecule has 1 unspecified atom stereocenters. The SMILES string of the molecule is CCN(CC(=O)NC1CCS(=O)(=O)C1)C(=O)COC(=O)c1ccccc1OCc1ccc(Cl)cc1Cl. The molecule has 0 spiro atoms. The second-order valence-electron chi connectivity index (χ2n) is 8.17. The molecule has 3 rings (SSSR count). The van der Waals surface area contributed by atoms with Gasteiger partial charge in [0.1, 0.15) is 17.9 Å². The van der Waals surface area contributed by atoms with Gasteiger partial charge in [-0.05, 0) is 37.6 Å². The van der Waals surface area contributed by atoms with Crippen LogP contribution in [0.25, 0.3) is 0 Å². The first-order chi connectivity index (χ1) is 17.1. The maximum absolute atomic E-state index is 12.7. The van der Waals surface area contributed by atoms with E-state index < -0.39 is 40.3 Å². The van der Waals surface area contributed by atoms with Gasteiger partial charge in [0.2, 0.25) is 5.91 Å². The third-order valence-corrected chi connectivity index (χ3v) is 7.85. The lowest BCUT2D eigenvalue weighted by Crippen LogP contribution is -2.45. The Balaban J connectivity index is 1.53. The number of para-hydroxylation sites is 1. The van der Waals surface area contributed by atoms with E-state index in [-0.39, 0.29) is 42.5 Å². The molecule has 1 aliphatic heterocycles. The van der Waals surface area contributed by atoms with Crippen molar-refractivity contribution in [2.24, 2.45) is 0 Å². The van der Waals surface area contributed by atoms with E-state index in [9.17, 15) is 22.8 Å². The molecule has 36 heavy (non-hydrogen) atoms. The van der Waals surface area contributed by atoms with Gasteiger partial charge < -0.3 is 19.7 Å². The number of carbonyl (C=O) groups is 3. The monoisotopic (exact) mass is 556 g/mol. The standard InChI is InChI=1S/C24H26Cl2N2O7S/c1-2-28(12-22(29)27-18-9-10-36(32,33)15-18)23(30)14-35-24(31)19-5-3-4-6-21(19)34-13-16-7-8-17(25)11-20(16)26/h3-8,11,18H,2,9-10,12-15H2,1H3,(H,27,29). The van der Waals surface area contributed by atoms with Gasteiger partial charge in [-0.15, -0.1) is 0 Å². The number of halogens is 2. The van der Waals surface area contributed by atoms with E-state index in [4.69, 9.17) is 32.7 Å². The normalized spacial score (nSPS) is 16.2. The zero-order chi connectivity index (χ0) is 26.3. The smallest absolute Gasteiger partial charge is 0.342 e. The van der Waals surface area contributed by atoms with Crippen molar-refractivity contribution in [1.29, 1.82) is 0 Å².